The number of fused-ring (bicyclic) bond motifs is 1. The minimum atomic E-state index is 0.0871. The van der Waals surface area contributed by atoms with Gasteiger partial charge in [-0.05, 0) is 50.4 Å². The summed E-state index contributed by atoms with van der Waals surface area (Å²) in [7, 11) is 0. The quantitative estimate of drug-likeness (QED) is 0.805. The fourth-order valence-electron chi connectivity index (χ4n) is 3.04. The Labute approximate surface area is 107 Å². The molecule has 1 N–H and O–H groups in total. The van der Waals surface area contributed by atoms with Crippen molar-refractivity contribution in [1.29, 1.82) is 0 Å². The molecule has 2 atom stereocenters. The van der Waals surface area contributed by atoms with Gasteiger partial charge in [0.05, 0.1) is 0 Å². The molecule has 3 rings (SSSR count). The minimum Gasteiger partial charge on any atom is -0.337 e. The molecule has 2 fully saturated rings. The van der Waals surface area contributed by atoms with Gasteiger partial charge in [0.25, 0.3) is 5.91 Å². The predicted octanol–water partition coefficient (Wildman–Crippen LogP) is 1.07. The van der Waals surface area contributed by atoms with E-state index in [2.05, 4.69) is 10.3 Å². The van der Waals surface area contributed by atoms with Crippen molar-refractivity contribution < 1.29 is 4.79 Å². The first kappa shape index (κ1) is 11.7. The van der Waals surface area contributed by atoms with E-state index in [1.54, 1.807) is 0 Å². The van der Waals surface area contributed by atoms with Crippen LogP contribution in [0.4, 0.5) is 0 Å². The smallest absolute Gasteiger partial charge is 0.272 e. The topological polar surface area (TPSA) is 45.2 Å². The highest BCUT2D eigenvalue weighted by atomic mass is 16.2. The summed E-state index contributed by atoms with van der Waals surface area (Å²) in [5, 5.41) is 3.42. The lowest BCUT2D eigenvalue weighted by Crippen LogP contribution is -2.43. The molecule has 0 saturated carbocycles. The van der Waals surface area contributed by atoms with Crippen molar-refractivity contribution in [3.8, 4) is 0 Å². The highest BCUT2D eigenvalue weighted by Gasteiger charge is 2.34. The number of likely N-dealkylation sites (tertiary alicyclic amines) is 1. The Morgan fingerprint density at radius 2 is 2.22 bits per heavy atom. The fourth-order valence-corrected chi connectivity index (χ4v) is 3.04. The average Bonchev–Trinajstić information content (AvgIpc) is 2.85. The van der Waals surface area contributed by atoms with E-state index < -0.39 is 0 Å². The number of aryl methyl sites for hydroxylation is 1. The van der Waals surface area contributed by atoms with E-state index in [0.29, 0.717) is 11.6 Å². The van der Waals surface area contributed by atoms with Crippen molar-refractivity contribution in [1.82, 2.24) is 15.2 Å². The van der Waals surface area contributed by atoms with Crippen LogP contribution < -0.4 is 5.32 Å². The van der Waals surface area contributed by atoms with Crippen LogP contribution in [0.2, 0.25) is 0 Å². The molecule has 1 aromatic rings. The van der Waals surface area contributed by atoms with Crippen molar-refractivity contribution in [2.45, 2.75) is 13.3 Å². The van der Waals surface area contributed by atoms with E-state index in [4.69, 9.17) is 0 Å². The van der Waals surface area contributed by atoms with Crippen LogP contribution in [0.25, 0.3) is 0 Å². The van der Waals surface area contributed by atoms with Crippen LogP contribution >= 0.6 is 0 Å². The molecular weight excluding hydrogens is 226 g/mol. The zero-order valence-electron chi connectivity index (χ0n) is 10.7. The van der Waals surface area contributed by atoms with Crippen molar-refractivity contribution in [3.63, 3.8) is 0 Å². The first-order valence-corrected chi connectivity index (χ1v) is 6.67. The zero-order chi connectivity index (χ0) is 12.5. The van der Waals surface area contributed by atoms with Gasteiger partial charge < -0.3 is 10.2 Å². The number of hydrogen-bond donors (Lipinski definition) is 1. The summed E-state index contributed by atoms with van der Waals surface area (Å²) in [5.74, 6) is 1.48. The van der Waals surface area contributed by atoms with Gasteiger partial charge in [0.15, 0.2) is 0 Å². The molecule has 2 aliphatic rings. The number of nitrogens with zero attached hydrogens (tertiary/aromatic N) is 2. The van der Waals surface area contributed by atoms with Crippen LogP contribution in [-0.2, 0) is 0 Å². The molecule has 18 heavy (non-hydrogen) atoms. The summed E-state index contributed by atoms with van der Waals surface area (Å²) < 4.78 is 0. The Bertz CT molecular complexity index is 460. The molecule has 0 bridgehead atoms. The number of pyridine rings is 1. The summed E-state index contributed by atoms with van der Waals surface area (Å²) in [6.07, 6.45) is 1.12. The molecule has 0 aromatic carbocycles. The van der Waals surface area contributed by atoms with Crippen molar-refractivity contribution in [2.24, 2.45) is 11.8 Å². The van der Waals surface area contributed by atoms with E-state index in [0.717, 1.165) is 44.2 Å². The predicted molar refractivity (Wildman–Crippen MR) is 69.3 cm³/mol. The van der Waals surface area contributed by atoms with Gasteiger partial charge in [-0.3, -0.25) is 4.79 Å². The monoisotopic (exact) mass is 245 g/mol. The Morgan fingerprint density at radius 3 is 3.06 bits per heavy atom. The molecule has 0 radical (unpaired) electrons. The molecule has 1 aromatic heterocycles. The number of nitrogens with one attached hydrogen (secondary N) is 1. The molecule has 1 amide bonds. The second-order valence-corrected chi connectivity index (χ2v) is 5.38. The summed E-state index contributed by atoms with van der Waals surface area (Å²) in [6.45, 7) is 5.85. The van der Waals surface area contributed by atoms with Crippen LogP contribution in [-0.4, -0.2) is 42.0 Å². The molecule has 2 unspecified atom stereocenters. The summed E-state index contributed by atoms with van der Waals surface area (Å²) in [5.41, 5.74) is 1.48. The van der Waals surface area contributed by atoms with Crippen LogP contribution in [0.3, 0.4) is 0 Å². The van der Waals surface area contributed by atoms with Gasteiger partial charge in [0.2, 0.25) is 0 Å². The van der Waals surface area contributed by atoms with Crippen molar-refractivity contribution in [2.75, 3.05) is 26.2 Å². The maximum Gasteiger partial charge on any atom is 0.272 e. The van der Waals surface area contributed by atoms with Crippen LogP contribution in [0.1, 0.15) is 22.6 Å². The number of carbonyl (C=O) groups is 1. The molecule has 0 aliphatic carbocycles. The molecular formula is C14H19N3O. The number of piperidine rings is 1. The van der Waals surface area contributed by atoms with E-state index in [1.807, 2.05) is 30.0 Å². The zero-order valence-corrected chi connectivity index (χ0v) is 10.7. The van der Waals surface area contributed by atoms with Gasteiger partial charge in [-0.1, -0.05) is 6.07 Å². The Balaban J connectivity index is 1.73. The fraction of sp³-hybridized carbons (Fsp3) is 0.571. The van der Waals surface area contributed by atoms with Gasteiger partial charge in [0.1, 0.15) is 5.69 Å². The van der Waals surface area contributed by atoms with Gasteiger partial charge in [-0.2, -0.15) is 0 Å². The lowest BCUT2D eigenvalue weighted by molar-refractivity contribution is 0.0636. The summed E-state index contributed by atoms with van der Waals surface area (Å²) in [6, 6.07) is 5.64. The Kier molecular flexibility index (Phi) is 3.04. The first-order chi connectivity index (χ1) is 8.74. The maximum absolute atomic E-state index is 12.4. The Morgan fingerprint density at radius 1 is 1.39 bits per heavy atom. The Hall–Kier alpha value is -1.42. The van der Waals surface area contributed by atoms with Gasteiger partial charge >= 0.3 is 0 Å². The van der Waals surface area contributed by atoms with E-state index in [9.17, 15) is 4.79 Å². The molecule has 3 heterocycles. The number of carbonyl (C=O) groups excluding carboxylic acids is 1. The minimum absolute atomic E-state index is 0.0871. The first-order valence-electron chi connectivity index (χ1n) is 6.67. The standard InChI is InChI=1S/C14H19N3O/c1-10-3-2-4-13(16-10)14(18)17-6-5-11-7-15-8-12(11)9-17/h2-4,11-12,15H,5-9H2,1H3. The number of amides is 1. The highest BCUT2D eigenvalue weighted by molar-refractivity contribution is 5.92. The second-order valence-electron chi connectivity index (χ2n) is 5.38. The number of hydrogen-bond acceptors (Lipinski definition) is 3. The largest absolute Gasteiger partial charge is 0.337 e. The highest BCUT2D eigenvalue weighted by Crippen LogP contribution is 2.27. The van der Waals surface area contributed by atoms with Gasteiger partial charge in [0, 0.05) is 18.8 Å². The normalized spacial score (nSPS) is 27.1. The number of rotatable bonds is 1. The lowest BCUT2D eigenvalue weighted by atomic mass is 9.88. The number of aromatic nitrogens is 1. The molecule has 4 heteroatoms. The average molecular weight is 245 g/mol. The lowest BCUT2D eigenvalue weighted by Gasteiger charge is -2.34. The molecule has 0 spiro atoms. The third kappa shape index (κ3) is 2.12. The van der Waals surface area contributed by atoms with E-state index >= 15 is 0 Å². The van der Waals surface area contributed by atoms with Crippen LogP contribution in [0, 0.1) is 18.8 Å². The molecule has 96 valence electrons. The van der Waals surface area contributed by atoms with Gasteiger partial charge in [-0.25, -0.2) is 4.98 Å². The SMILES string of the molecule is Cc1cccc(C(=O)N2CCC3CNCC3C2)n1. The third-order valence-corrected chi connectivity index (χ3v) is 4.10. The van der Waals surface area contributed by atoms with Crippen LogP contribution in [0.5, 0.6) is 0 Å². The maximum atomic E-state index is 12.4. The van der Waals surface area contributed by atoms with Crippen molar-refractivity contribution >= 4 is 5.91 Å². The summed E-state index contributed by atoms with van der Waals surface area (Å²) in [4.78, 5) is 18.7. The third-order valence-electron chi connectivity index (χ3n) is 4.10. The van der Waals surface area contributed by atoms with Gasteiger partial charge in [-0.15, -0.1) is 0 Å². The van der Waals surface area contributed by atoms with E-state index in [1.165, 1.54) is 0 Å². The summed E-state index contributed by atoms with van der Waals surface area (Å²) >= 11 is 0. The van der Waals surface area contributed by atoms with Crippen LogP contribution in [0.15, 0.2) is 18.2 Å². The van der Waals surface area contributed by atoms with Crippen molar-refractivity contribution in [3.05, 3.63) is 29.6 Å². The molecule has 2 saturated heterocycles. The molecule has 4 nitrogen and oxygen atoms in total. The van der Waals surface area contributed by atoms with E-state index in [-0.39, 0.29) is 5.91 Å². The molecule has 2 aliphatic heterocycles. The second kappa shape index (κ2) is 4.69.